The predicted octanol–water partition coefficient (Wildman–Crippen LogP) is 2.46. The summed E-state index contributed by atoms with van der Waals surface area (Å²) in [7, 11) is 0. The summed E-state index contributed by atoms with van der Waals surface area (Å²) in [5, 5.41) is 0. The SMILES string of the molecule is C#CCC1CCc2ccccc2C1=O. The van der Waals surface area contributed by atoms with Crippen molar-refractivity contribution in [3.63, 3.8) is 0 Å². The molecule has 70 valence electrons. The highest BCUT2D eigenvalue weighted by Crippen LogP contribution is 2.26. The molecule has 1 heteroatoms. The van der Waals surface area contributed by atoms with Crippen LogP contribution in [-0.4, -0.2) is 5.78 Å². The third-order valence-corrected chi connectivity index (χ3v) is 2.78. The van der Waals surface area contributed by atoms with Gasteiger partial charge in [-0.1, -0.05) is 24.3 Å². The van der Waals surface area contributed by atoms with E-state index < -0.39 is 0 Å². The number of terminal acetylenes is 1. The molecule has 1 atom stereocenters. The van der Waals surface area contributed by atoms with Gasteiger partial charge in [-0.3, -0.25) is 4.79 Å². The lowest BCUT2D eigenvalue weighted by molar-refractivity contribution is 0.0905. The first-order valence-electron chi connectivity index (χ1n) is 4.88. The average Bonchev–Trinajstić information content (AvgIpc) is 2.23. The zero-order valence-corrected chi connectivity index (χ0v) is 7.99. The van der Waals surface area contributed by atoms with E-state index in [1.54, 1.807) is 0 Å². The van der Waals surface area contributed by atoms with Gasteiger partial charge in [0.2, 0.25) is 0 Å². The molecule has 1 nitrogen and oxygen atoms in total. The lowest BCUT2D eigenvalue weighted by atomic mass is 9.81. The summed E-state index contributed by atoms with van der Waals surface area (Å²) in [5.41, 5.74) is 2.05. The van der Waals surface area contributed by atoms with Gasteiger partial charge in [0.1, 0.15) is 0 Å². The van der Waals surface area contributed by atoms with E-state index in [1.807, 2.05) is 24.3 Å². The van der Waals surface area contributed by atoms with Gasteiger partial charge in [0, 0.05) is 17.9 Å². The largest absolute Gasteiger partial charge is 0.294 e. The van der Waals surface area contributed by atoms with Crippen LogP contribution in [-0.2, 0) is 6.42 Å². The second-order valence-electron chi connectivity index (χ2n) is 3.67. The molecule has 1 aliphatic carbocycles. The average molecular weight is 184 g/mol. The van der Waals surface area contributed by atoms with E-state index in [2.05, 4.69) is 5.92 Å². The highest BCUT2D eigenvalue weighted by Gasteiger charge is 2.25. The number of Topliss-reactive ketones (excluding diaryl/α,β-unsaturated/α-hetero) is 1. The number of hydrogen-bond donors (Lipinski definition) is 0. The molecule has 0 spiro atoms. The second kappa shape index (κ2) is 3.67. The zero-order chi connectivity index (χ0) is 9.97. The van der Waals surface area contributed by atoms with Gasteiger partial charge in [0.15, 0.2) is 5.78 Å². The molecule has 2 rings (SSSR count). The van der Waals surface area contributed by atoms with E-state index in [0.29, 0.717) is 6.42 Å². The van der Waals surface area contributed by atoms with Gasteiger partial charge in [0.05, 0.1) is 0 Å². The van der Waals surface area contributed by atoms with Crippen molar-refractivity contribution in [1.82, 2.24) is 0 Å². The molecule has 1 aromatic rings. The molecule has 0 heterocycles. The fraction of sp³-hybridized carbons (Fsp3) is 0.308. The van der Waals surface area contributed by atoms with E-state index in [0.717, 1.165) is 18.4 Å². The molecular formula is C13H12O. The Morgan fingerprint density at radius 3 is 3.00 bits per heavy atom. The van der Waals surface area contributed by atoms with Crippen molar-refractivity contribution in [3.05, 3.63) is 35.4 Å². The highest BCUT2D eigenvalue weighted by molar-refractivity contribution is 6.00. The Morgan fingerprint density at radius 2 is 2.21 bits per heavy atom. The normalized spacial score (nSPS) is 19.9. The summed E-state index contributed by atoms with van der Waals surface area (Å²) in [6.07, 6.45) is 7.70. The first kappa shape index (κ1) is 9.02. The number of fused-ring (bicyclic) bond motifs is 1. The van der Waals surface area contributed by atoms with E-state index >= 15 is 0 Å². The van der Waals surface area contributed by atoms with Crippen molar-refractivity contribution in [1.29, 1.82) is 0 Å². The molecule has 0 saturated heterocycles. The molecule has 0 fully saturated rings. The first-order valence-corrected chi connectivity index (χ1v) is 4.88. The van der Waals surface area contributed by atoms with Crippen molar-refractivity contribution in [3.8, 4) is 12.3 Å². The fourth-order valence-corrected chi connectivity index (χ4v) is 2.00. The Labute approximate surface area is 84.1 Å². The van der Waals surface area contributed by atoms with Crippen molar-refractivity contribution < 1.29 is 4.79 Å². The smallest absolute Gasteiger partial charge is 0.167 e. The number of aryl methyl sites for hydroxylation is 1. The van der Waals surface area contributed by atoms with Crippen LogP contribution in [0.1, 0.15) is 28.8 Å². The molecule has 0 aliphatic heterocycles. The van der Waals surface area contributed by atoms with Gasteiger partial charge in [-0.25, -0.2) is 0 Å². The minimum atomic E-state index is 0.0508. The Morgan fingerprint density at radius 1 is 1.43 bits per heavy atom. The molecule has 0 radical (unpaired) electrons. The number of rotatable bonds is 1. The number of ketones is 1. The van der Waals surface area contributed by atoms with Gasteiger partial charge in [-0.2, -0.15) is 0 Å². The lowest BCUT2D eigenvalue weighted by Crippen LogP contribution is -2.21. The summed E-state index contributed by atoms with van der Waals surface area (Å²) in [4.78, 5) is 11.9. The number of carbonyl (C=O) groups is 1. The van der Waals surface area contributed by atoms with Crippen LogP contribution in [0, 0.1) is 18.3 Å². The quantitative estimate of drug-likeness (QED) is 0.613. The van der Waals surface area contributed by atoms with E-state index in [-0.39, 0.29) is 11.7 Å². The zero-order valence-electron chi connectivity index (χ0n) is 7.99. The van der Waals surface area contributed by atoms with Crippen LogP contribution in [0.3, 0.4) is 0 Å². The maximum Gasteiger partial charge on any atom is 0.167 e. The van der Waals surface area contributed by atoms with E-state index in [9.17, 15) is 4.79 Å². The molecule has 14 heavy (non-hydrogen) atoms. The van der Waals surface area contributed by atoms with Gasteiger partial charge < -0.3 is 0 Å². The molecule has 1 unspecified atom stereocenters. The van der Waals surface area contributed by atoms with Crippen LogP contribution in [0.5, 0.6) is 0 Å². The summed E-state index contributed by atoms with van der Waals surface area (Å²) in [6, 6.07) is 7.82. The van der Waals surface area contributed by atoms with Crippen LogP contribution < -0.4 is 0 Å². The predicted molar refractivity (Wildman–Crippen MR) is 56.0 cm³/mol. The highest BCUT2D eigenvalue weighted by atomic mass is 16.1. The Balaban J connectivity index is 2.33. The molecule has 0 aromatic heterocycles. The van der Waals surface area contributed by atoms with Crippen molar-refractivity contribution in [2.75, 3.05) is 0 Å². The number of benzene rings is 1. The monoisotopic (exact) mass is 184 g/mol. The summed E-state index contributed by atoms with van der Waals surface area (Å²) >= 11 is 0. The fourth-order valence-electron chi connectivity index (χ4n) is 2.00. The maximum atomic E-state index is 11.9. The second-order valence-corrected chi connectivity index (χ2v) is 3.67. The molecule has 0 bridgehead atoms. The number of carbonyl (C=O) groups excluding carboxylic acids is 1. The van der Waals surface area contributed by atoms with E-state index in [4.69, 9.17) is 6.42 Å². The topological polar surface area (TPSA) is 17.1 Å². The van der Waals surface area contributed by atoms with Crippen molar-refractivity contribution in [2.24, 2.45) is 5.92 Å². The van der Waals surface area contributed by atoms with Crippen LogP contribution in [0.15, 0.2) is 24.3 Å². The van der Waals surface area contributed by atoms with Crippen LogP contribution in [0.4, 0.5) is 0 Å². The van der Waals surface area contributed by atoms with Gasteiger partial charge in [0.25, 0.3) is 0 Å². The van der Waals surface area contributed by atoms with E-state index in [1.165, 1.54) is 5.56 Å². The van der Waals surface area contributed by atoms with Crippen molar-refractivity contribution in [2.45, 2.75) is 19.3 Å². The summed E-state index contributed by atoms with van der Waals surface area (Å²) < 4.78 is 0. The molecule has 0 N–H and O–H groups in total. The molecule has 1 aromatic carbocycles. The van der Waals surface area contributed by atoms with Crippen LogP contribution >= 0.6 is 0 Å². The Hall–Kier alpha value is -1.55. The summed E-state index contributed by atoms with van der Waals surface area (Å²) in [5.74, 6) is 2.86. The Kier molecular flexibility index (Phi) is 2.37. The first-order chi connectivity index (χ1) is 6.83. The number of hydrogen-bond acceptors (Lipinski definition) is 1. The lowest BCUT2D eigenvalue weighted by Gasteiger charge is -2.21. The van der Waals surface area contributed by atoms with Gasteiger partial charge >= 0.3 is 0 Å². The van der Waals surface area contributed by atoms with Crippen LogP contribution in [0.2, 0.25) is 0 Å². The van der Waals surface area contributed by atoms with Gasteiger partial charge in [-0.05, 0) is 18.4 Å². The molecule has 0 saturated carbocycles. The third kappa shape index (κ3) is 1.44. The molecule has 0 amide bonds. The molecule has 1 aliphatic rings. The minimum absolute atomic E-state index is 0.0508. The van der Waals surface area contributed by atoms with Gasteiger partial charge in [-0.15, -0.1) is 12.3 Å². The standard InChI is InChI=1S/C13H12O/c1-2-5-11-9-8-10-6-3-4-7-12(10)13(11)14/h1,3-4,6-7,11H,5,8-9H2. The summed E-state index contributed by atoms with van der Waals surface area (Å²) in [6.45, 7) is 0. The Bertz CT molecular complexity index is 398. The van der Waals surface area contributed by atoms with Crippen LogP contribution in [0.25, 0.3) is 0 Å². The molecular weight excluding hydrogens is 172 g/mol. The minimum Gasteiger partial charge on any atom is -0.294 e. The maximum absolute atomic E-state index is 11.9. The van der Waals surface area contributed by atoms with Crippen molar-refractivity contribution >= 4 is 5.78 Å². The third-order valence-electron chi connectivity index (χ3n) is 2.78.